The number of oxime groups is 1. The number of nitrogens with zero attached hydrogens (tertiary/aromatic N) is 3. The maximum atomic E-state index is 11.3. The topological polar surface area (TPSA) is 112 Å². The molecule has 1 aliphatic carbocycles. The van der Waals surface area contributed by atoms with Crippen molar-refractivity contribution in [2.75, 3.05) is 6.79 Å². The number of carbonyl (C=O) groups is 1. The average Bonchev–Trinajstić information content (AvgIpc) is 3.39. The first-order valence-electron chi connectivity index (χ1n) is 9.22. The SMILES string of the molecule is NC(=O)c1ccc(-n2ncc3c2CC(c2ccc4c(c2)OCO4)CC3=NO)cc1. The summed E-state index contributed by atoms with van der Waals surface area (Å²) in [5.41, 5.74) is 10.0. The van der Waals surface area contributed by atoms with Gasteiger partial charge in [-0.1, -0.05) is 11.2 Å². The van der Waals surface area contributed by atoms with Crippen LogP contribution in [0.2, 0.25) is 0 Å². The summed E-state index contributed by atoms with van der Waals surface area (Å²) >= 11 is 0. The van der Waals surface area contributed by atoms with Crippen molar-refractivity contribution in [2.45, 2.75) is 18.8 Å². The van der Waals surface area contributed by atoms with E-state index in [1.165, 1.54) is 0 Å². The summed E-state index contributed by atoms with van der Waals surface area (Å²) in [4.78, 5) is 11.3. The second kappa shape index (κ2) is 6.66. The summed E-state index contributed by atoms with van der Waals surface area (Å²) in [6.45, 7) is 0.227. The third-order valence-corrected chi connectivity index (χ3v) is 5.44. The van der Waals surface area contributed by atoms with Crippen molar-refractivity contribution < 1.29 is 19.5 Å². The van der Waals surface area contributed by atoms with Crippen LogP contribution in [-0.4, -0.2) is 33.4 Å². The zero-order chi connectivity index (χ0) is 20.0. The summed E-state index contributed by atoms with van der Waals surface area (Å²) in [7, 11) is 0. The fourth-order valence-electron chi connectivity index (χ4n) is 3.95. The number of rotatable bonds is 3. The summed E-state index contributed by atoms with van der Waals surface area (Å²) in [5.74, 6) is 1.09. The van der Waals surface area contributed by atoms with Gasteiger partial charge in [-0.3, -0.25) is 4.79 Å². The molecule has 1 unspecified atom stereocenters. The van der Waals surface area contributed by atoms with E-state index in [4.69, 9.17) is 15.2 Å². The van der Waals surface area contributed by atoms with Crippen molar-refractivity contribution in [3.63, 3.8) is 0 Å². The molecular weight excluding hydrogens is 372 g/mol. The fraction of sp³-hybridized carbons (Fsp3) is 0.190. The van der Waals surface area contributed by atoms with Crippen molar-refractivity contribution in [1.29, 1.82) is 0 Å². The van der Waals surface area contributed by atoms with Crippen LogP contribution >= 0.6 is 0 Å². The molecule has 8 nitrogen and oxygen atoms in total. The van der Waals surface area contributed by atoms with E-state index in [2.05, 4.69) is 10.3 Å². The summed E-state index contributed by atoms with van der Waals surface area (Å²) in [5, 5.41) is 17.6. The van der Waals surface area contributed by atoms with E-state index < -0.39 is 5.91 Å². The molecule has 0 spiro atoms. The molecule has 8 heteroatoms. The monoisotopic (exact) mass is 390 g/mol. The lowest BCUT2D eigenvalue weighted by Crippen LogP contribution is -2.21. The van der Waals surface area contributed by atoms with Gasteiger partial charge in [0, 0.05) is 17.5 Å². The Morgan fingerprint density at radius 1 is 1.14 bits per heavy atom. The van der Waals surface area contributed by atoms with Crippen LogP contribution in [0.4, 0.5) is 0 Å². The molecule has 1 atom stereocenters. The molecule has 1 amide bonds. The van der Waals surface area contributed by atoms with E-state index in [-0.39, 0.29) is 12.7 Å². The molecule has 0 radical (unpaired) electrons. The van der Waals surface area contributed by atoms with Gasteiger partial charge in [-0.15, -0.1) is 0 Å². The number of hydrogen-bond donors (Lipinski definition) is 2. The Hall–Kier alpha value is -3.81. The standard InChI is InChI=1S/C21H18N4O4/c22-21(26)12-1-4-15(5-2-12)25-18-8-14(7-17(24-27)16(18)10-23-25)13-3-6-19-20(9-13)29-11-28-19/h1-6,9-10,14,27H,7-8,11H2,(H2,22,26). The minimum absolute atomic E-state index is 0.100. The Kier molecular flexibility index (Phi) is 3.97. The number of benzene rings is 2. The molecule has 1 aromatic heterocycles. The maximum absolute atomic E-state index is 11.3. The quantitative estimate of drug-likeness (QED) is 0.527. The molecule has 1 aliphatic heterocycles. The van der Waals surface area contributed by atoms with Crippen molar-refractivity contribution in [3.05, 3.63) is 71.0 Å². The lowest BCUT2D eigenvalue weighted by molar-refractivity contribution is 0.100. The molecule has 0 fully saturated rings. The Labute approximate surface area is 166 Å². The smallest absolute Gasteiger partial charge is 0.248 e. The Bertz CT molecular complexity index is 1130. The highest BCUT2D eigenvalue weighted by Gasteiger charge is 2.30. The van der Waals surface area contributed by atoms with Crippen LogP contribution in [0.25, 0.3) is 5.69 Å². The molecule has 0 bridgehead atoms. The van der Waals surface area contributed by atoms with Crippen molar-refractivity contribution in [2.24, 2.45) is 10.9 Å². The molecule has 2 aliphatic rings. The number of hydrogen-bond acceptors (Lipinski definition) is 6. The van der Waals surface area contributed by atoms with Crippen molar-refractivity contribution >= 4 is 11.6 Å². The van der Waals surface area contributed by atoms with E-state index in [0.717, 1.165) is 34.0 Å². The van der Waals surface area contributed by atoms with Gasteiger partial charge in [0.15, 0.2) is 11.5 Å². The molecule has 29 heavy (non-hydrogen) atoms. The molecule has 146 valence electrons. The number of nitrogens with two attached hydrogens (primary N) is 1. The van der Waals surface area contributed by atoms with Gasteiger partial charge in [-0.2, -0.15) is 5.10 Å². The number of aromatic nitrogens is 2. The van der Waals surface area contributed by atoms with Crippen LogP contribution in [-0.2, 0) is 6.42 Å². The van der Waals surface area contributed by atoms with Gasteiger partial charge >= 0.3 is 0 Å². The first kappa shape index (κ1) is 17.3. The number of fused-ring (bicyclic) bond motifs is 2. The van der Waals surface area contributed by atoms with Gasteiger partial charge in [0.2, 0.25) is 12.7 Å². The van der Waals surface area contributed by atoms with Gasteiger partial charge in [-0.25, -0.2) is 4.68 Å². The maximum Gasteiger partial charge on any atom is 0.248 e. The van der Waals surface area contributed by atoms with Gasteiger partial charge in [0.1, 0.15) is 0 Å². The van der Waals surface area contributed by atoms with Crippen molar-refractivity contribution in [1.82, 2.24) is 9.78 Å². The summed E-state index contributed by atoms with van der Waals surface area (Å²) in [6, 6.07) is 12.8. The second-order valence-corrected chi connectivity index (χ2v) is 7.09. The molecule has 0 saturated heterocycles. The van der Waals surface area contributed by atoms with Crippen LogP contribution < -0.4 is 15.2 Å². The zero-order valence-electron chi connectivity index (χ0n) is 15.4. The predicted octanol–water partition coefficient (Wildman–Crippen LogP) is 2.61. The first-order valence-corrected chi connectivity index (χ1v) is 9.22. The largest absolute Gasteiger partial charge is 0.454 e. The van der Waals surface area contributed by atoms with Crippen LogP contribution in [0.1, 0.15) is 39.5 Å². The number of carbonyl (C=O) groups excluding carboxylic acids is 1. The minimum Gasteiger partial charge on any atom is -0.454 e. The molecule has 2 aromatic carbocycles. The van der Waals surface area contributed by atoms with Gasteiger partial charge in [-0.05, 0) is 54.3 Å². The Morgan fingerprint density at radius 3 is 2.69 bits per heavy atom. The average molecular weight is 390 g/mol. The molecular formula is C21H18N4O4. The van der Waals surface area contributed by atoms with Crippen LogP contribution in [0.3, 0.4) is 0 Å². The van der Waals surface area contributed by atoms with Crippen LogP contribution in [0.15, 0.2) is 53.8 Å². The predicted molar refractivity (Wildman–Crippen MR) is 104 cm³/mol. The zero-order valence-corrected chi connectivity index (χ0v) is 15.4. The number of amides is 1. The molecule has 0 saturated carbocycles. The third-order valence-electron chi connectivity index (χ3n) is 5.44. The van der Waals surface area contributed by atoms with E-state index in [1.807, 2.05) is 22.9 Å². The Balaban J connectivity index is 1.53. The highest BCUT2D eigenvalue weighted by atomic mass is 16.7. The second-order valence-electron chi connectivity index (χ2n) is 7.09. The molecule has 3 aromatic rings. The van der Waals surface area contributed by atoms with Gasteiger partial charge in [0.25, 0.3) is 0 Å². The van der Waals surface area contributed by atoms with E-state index in [0.29, 0.717) is 24.1 Å². The minimum atomic E-state index is -0.475. The third kappa shape index (κ3) is 2.89. The molecule has 3 N–H and O–H groups in total. The molecule has 5 rings (SSSR count). The van der Waals surface area contributed by atoms with E-state index in [9.17, 15) is 10.0 Å². The fourth-order valence-corrected chi connectivity index (χ4v) is 3.95. The highest BCUT2D eigenvalue weighted by molar-refractivity contribution is 6.02. The summed E-state index contributed by atoms with van der Waals surface area (Å²) in [6.07, 6.45) is 3.02. The highest BCUT2D eigenvalue weighted by Crippen LogP contribution is 2.39. The number of ether oxygens (including phenoxy) is 2. The summed E-state index contributed by atoms with van der Waals surface area (Å²) < 4.78 is 12.7. The lowest BCUT2D eigenvalue weighted by Gasteiger charge is -2.24. The van der Waals surface area contributed by atoms with E-state index in [1.54, 1.807) is 30.5 Å². The number of primary amides is 1. The van der Waals surface area contributed by atoms with Crippen LogP contribution in [0, 0.1) is 0 Å². The molecule has 2 heterocycles. The normalized spacial score (nSPS) is 18.6. The Morgan fingerprint density at radius 2 is 1.93 bits per heavy atom. The van der Waals surface area contributed by atoms with Crippen molar-refractivity contribution in [3.8, 4) is 17.2 Å². The van der Waals surface area contributed by atoms with Crippen LogP contribution in [0.5, 0.6) is 11.5 Å². The first-order chi connectivity index (χ1) is 14.1. The lowest BCUT2D eigenvalue weighted by atomic mass is 9.82. The van der Waals surface area contributed by atoms with Gasteiger partial charge < -0.3 is 20.4 Å². The van der Waals surface area contributed by atoms with Gasteiger partial charge in [0.05, 0.1) is 23.3 Å². The van der Waals surface area contributed by atoms with E-state index >= 15 is 0 Å².